The largest absolute Gasteiger partial charge is 0.497 e. The second kappa shape index (κ2) is 7.25. The number of aromatic nitrogens is 1. The van der Waals surface area contributed by atoms with Crippen molar-refractivity contribution in [3.05, 3.63) is 65.4 Å². The van der Waals surface area contributed by atoms with Crippen LogP contribution in [0.2, 0.25) is 0 Å². The van der Waals surface area contributed by atoms with Crippen LogP contribution in [0.3, 0.4) is 0 Å². The predicted molar refractivity (Wildman–Crippen MR) is 107 cm³/mol. The van der Waals surface area contributed by atoms with Crippen LogP contribution in [0.1, 0.15) is 16.8 Å². The molecule has 7 heteroatoms. The number of hydrogen-bond donors (Lipinski definition) is 3. The maximum Gasteiger partial charge on any atom is 0.328 e. The van der Waals surface area contributed by atoms with Crippen molar-refractivity contribution >= 4 is 22.8 Å². The van der Waals surface area contributed by atoms with E-state index in [4.69, 9.17) is 4.74 Å². The molecule has 3 aromatic rings. The van der Waals surface area contributed by atoms with Gasteiger partial charge in [0.25, 0.3) is 0 Å². The average Bonchev–Trinajstić information content (AvgIpc) is 2.99. The standard InChI is InChI=1S/C22H22N2O5/c1-29-15-7-8-16-17-9-10-24(12-14-5-3-2-4-6-14)13-22(20(25)26,21(27)28)19(17)23-18(16)11-15/h2-8,11,23H,9-10,12-13H2,1H3,(H,25,26)(H,27,28). The number of carboxylic acids is 2. The topological polar surface area (TPSA) is 103 Å². The van der Waals surface area contributed by atoms with Crippen LogP contribution in [-0.4, -0.2) is 52.2 Å². The average molecular weight is 394 g/mol. The molecule has 0 amide bonds. The van der Waals surface area contributed by atoms with Crippen molar-refractivity contribution in [1.29, 1.82) is 0 Å². The van der Waals surface area contributed by atoms with Gasteiger partial charge in [0, 0.05) is 42.3 Å². The summed E-state index contributed by atoms with van der Waals surface area (Å²) in [6, 6.07) is 15.1. The first-order chi connectivity index (χ1) is 14.0. The summed E-state index contributed by atoms with van der Waals surface area (Å²) in [4.78, 5) is 29.8. The zero-order valence-corrected chi connectivity index (χ0v) is 16.0. The third kappa shape index (κ3) is 3.13. The molecule has 1 aromatic heterocycles. The lowest BCUT2D eigenvalue weighted by Crippen LogP contribution is -2.51. The SMILES string of the molecule is COc1ccc2c3c([nH]c2c1)C(C(=O)O)(C(=O)O)CN(Cc1ccccc1)CC3. The second-order valence-corrected chi connectivity index (χ2v) is 7.35. The van der Waals surface area contributed by atoms with E-state index in [1.165, 1.54) is 0 Å². The van der Waals surface area contributed by atoms with Gasteiger partial charge < -0.3 is 19.9 Å². The molecule has 2 heterocycles. The lowest BCUT2D eigenvalue weighted by atomic mass is 9.82. The number of fused-ring (bicyclic) bond motifs is 3. The molecule has 0 bridgehead atoms. The molecule has 0 saturated carbocycles. The van der Waals surface area contributed by atoms with Crippen molar-refractivity contribution < 1.29 is 24.5 Å². The first-order valence-corrected chi connectivity index (χ1v) is 9.38. The predicted octanol–water partition coefficient (Wildman–Crippen LogP) is 2.64. The van der Waals surface area contributed by atoms with Crippen LogP contribution >= 0.6 is 0 Å². The van der Waals surface area contributed by atoms with Crippen molar-refractivity contribution in [3.63, 3.8) is 0 Å². The lowest BCUT2D eigenvalue weighted by molar-refractivity contribution is -0.159. The van der Waals surface area contributed by atoms with E-state index in [-0.39, 0.29) is 12.2 Å². The summed E-state index contributed by atoms with van der Waals surface area (Å²) in [7, 11) is 1.55. The Balaban J connectivity index is 1.84. The monoisotopic (exact) mass is 394 g/mol. The summed E-state index contributed by atoms with van der Waals surface area (Å²) < 4.78 is 5.25. The van der Waals surface area contributed by atoms with Gasteiger partial charge >= 0.3 is 11.9 Å². The summed E-state index contributed by atoms with van der Waals surface area (Å²) in [5, 5.41) is 21.0. The summed E-state index contributed by atoms with van der Waals surface area (Å²) >= 11 is 0. The Kier molecular flexibility index (Phi) is 4.76. The van der Waals surface area contributed by atoms with Gasteiger partial charge in [-0.3, -0.25) is 14.5 Å². The number of hydrogen-bond acceptors (Lipinski definition) is 4. The van der Waals surface area contributed by atoms with Gasteiger partial charge in [0.15, 0.2) is 0 Å². The Bertz CT molecular complexity index is 1060. The quantitative estimate of drug-likeness (QED) is 0.575. The van der Waals surface area contributed by atoms with E-state index in [9.17, 15) is 19.8 Å². The number of carboxylic acid groups (broad SMARTS) is 2. The van der Waals surface area contributed by atoms with Gasteiger partial charge in [0.05, 0.1) is 7.11 Å². The van der Waals surface area contributed by atoms with Gasteiger partial charge in [-0.1, -0.05) is 30.3 Å². The minimum absolute atomic E-state index is 0.122. The van der Waals surface area contributed by atoms with Gasteiger partial charge in [-0.25, -0.2) is 0 Å². The number of nitrogens with zero attached hydrogens (tertiary/aromatic N) is 1. The number of nitrogens with one attached hydrogen (secondary N) is 1. The molecule has 0 saturated heterocycles. The molecule has 0 atom stereocenters. The molecule has 7 nitrogen and oxygen atoms in total. The van der Waals surface area contributed by atoms with Crippen molar-refractivity contribution in [2.24, 2.45) is 0 Å². The Morgan fingerprint density at radius 2 is 1.86 bits per heavy atom. The summed E-state index contributed by atoms with van der Waals surface area (Å²) in [6.07, 6.45) is 0.552. The molecule has 0 spiro atoms. The molecule has 4 rings (SSSR count). The van der Waals surface area contributed by atoms with Gasteiger partial charge in [-0.05, 0) is 29.7 Å². The van der Waals surface area contributed by atoms with Crippen LogP contribution in [0.4, 0.5) is 0 Å². The molecular formula is C22H22N2O5. The fourth-order valence-corrected chi connectivity index (χ4v) is 4.17. The third-order valence-electron chi connectivity index (χ3n) is 5.66. The maximum absolute atomic E-state index is 12.4. The van der Waals surface area contributed by atoms with Crippen LogP contribution in [0.25, 0.3) is 10.9 Å². The zero-order chi connectivity index (χ0) is 20.6. The molecule has 3 N–H and O–H groups in total. The van der Waals surface area contributed by atoms with Crippen molar-refractivity contribution in [2.75, 3.05) is 20.2 Å². The van der Waals surface area contributed by atoms with Crippen LogP contribution in [0, 0.1) is 0 Å². The molecular weight excluding hydrogens is 372 g/mol. The van der Waals surface area contributed by atoms with E-state index in [1.807, 2.05) is 41.3 Å². The van der Waals surface area contributed by atoms with E-state index in [0.717, 1.165) is 16.5 Å². The normalized spacial score (nSPS) is 16.2. The Morgan fingerprint density at radius 1 is 1.14 bits per heavy atom. The van der Waals surface area contributed by atoms with E-state index in [2.05, 4.69) is 4.98 Å². The van der Waals surface area contributed by atoms with Crippen molar-refractivity contribution in [1.82, 2.24) is 9.88 Å². The molecule has 1 aliphatic rings. The molecule has 0 fully saturated rings. The number of rotatable bonds is 5. The highest BCUT2D eigenvalue weighted by Crippen LogP contribution is 2.37. The first kappa shape index (κ1) is 19.0. The van der Waals surface area contributed by atoms with Gasteiger partial charge in [0.1, 0.15) is 5.75 Å². The molecule has 1 aliphatic heterocycles. The van der Waals surface area contributed by atoms with E-state index in [0.29, 0.717) is 30.8 Å². The minimum Gasteiger partial charge on any atom is -0.497 e. The minimum atomic E-state index is -2.08. The van der Waals surface area contributed by atoms with Crippen LogP contribution < -0.4 is 4.74 Å². The number of ether oxygens (including phenoxy) is 1. The number of methoxy groups -OCH3 is 1. The van der Waals surface area contributed by atoms with Gasteiger partial charge in [-0.15, -0.1) is 0 Å². The van der Waals surface area contributed by atoms with E-state index >= 15 is 0 Å². The number of carbonyl (C=O) groups is 2. The van der Waals surface area contributed by atoms with Crippen LogP contribution in [0.15, 0.2) is 48.5 Å². The smallest absolute Gasteiger partial charge is 0.328 e. The maximum atomic E-state index is 12.4. The van der Waals surface area contributed by atoms with Gasteiger partial charge in [-0.2, -0.15) is 0 Å². The molecule has 0 aliphatic carbocycles. The lowest BCUT2D eigenvalue weighted by Gasteiger charge is -2.29. The highest BCUT2D eigenvalue weighted by molar-refractivity contribution is 6.06. The Hall–Kier alpha value is -3.32. The van der Waals surface area contributed by atoms with E-state index < -0.39 is 17.4 Å². The molecule has 0 unspecified atom stereocenters. The van der Waals surface area contributed by atoms with Crippen molar-refractivity contribution in [2.45, 2.75) is 18.4 Å². The fourth-order valence-electron chi connectivity index (χ4n) is 4.17. The summed E-state index contributed by atoms with van der Waals surface area (Å²) in [5.74, 6) is -2.12. The van der Waals surface area contributed by atoms with E-state index in [1.54, 1.807) is 19.2 Å². The van der Waals surface area contributed by atoms with Crippen LogP contribution in [0.5, 0.6) is 5.75 Å². The number of benzene rings is 2. The number of H-pyrrole nitrogens is 1. The number of aliphatic carboxylic acids is 2. The van der Waals surface area contributed by atoms with Crippen LogP contribution in [-0.2, 0) is 28.0 Å². The Morgan fingerprint density at radius 3 is 2.52 bits per heavy atom. The highest BCUT2D eigenvalue weighted by atomic mass is 16.5. The third-order valence-corrected chi connectivity index (χ3v) is 5.66. The second-order valence-electron chi connectivity index (χ2n) is 7.35. The summed E-state index contributed by atoms with van der Waals surface area (Å²) in [5.41, 5.74) is 0.599. The zero-order valence-electron chi connectivity index (χ0n) is 16.0. The number of aromatic amines is 1. The fraction of sp³-hybridized carbons (Fsp3) is 0.273. The summed E-state index contributed by atoms with van der Waals surface area (Å²) in [6.45, 7) is 0.923. The molecule has 2 aromatic carbocycles. The van der Waals surface area contributed by atoms with Crippen molar-refractivity contribution in [3.8, 4) is 5.75 Å². The Labute approximate surface area is 167 Å². The molecule has 150 valence electrons. The highest BCUT2D eigenvalue weighted by Gasteiger charge is 2.53. The van der Waals surface area contributed by atoms with Gasteiger partial charge in [0.2, 0.25) is 5.41 Å². The first-order valence-electron chi connectivity index (χ1n) is 9.38. The molecule has 0 radical (unpaired) electrons. The molecule has 29 heavy (non-hydrogen) atoms.